The molecule has 7 heteroatoms. The molecule has 2 heterocycles. The Bertz CT molecular complexity index is 1250. The Balaban J connectivity index is 1.52. The van der Waals surface area contributed by atoms with E-state index in [1.54, 1.807) is 42.7 Å². The molecule has 1 aliphatic rings. The van der Waals surface area contributed by atoms with Crippen molar-refractivity contribution >= 4 is 11.6 Å². The molecule has 1 amide bonds. The van der Waals surface area contributed by atoms with Crippen LogP contribution in [0.15, 0.2) is 71.4 Å². The topological polar surface area (TPSA) is 60.1 Å². The average Bonchev–Trinajstić information content (AvgIpc) is 3.55. The Kier molecular flexibility index (Phi) is 5.31. The van der Waals surface area contributed by atoms with Crippen LogP contribution in [0.3, 0.4) is 0 Å². The second-order valence-corrected chi connectivity index (χ2v) is 7.89. The van der Waals surface area contributed by atoms with Crippen molar-refractivity contribution in [2.45, 2.75) is 31.7 Å². The number of nitrogens with one attached hydrogen (secondary N) is 1. The summed E-state index contributed by atoms with van der Waals surface area (Å²) in [6, 6.07) is 15.6. The monoisotopic (exact) mass is 433 g/mol. The number of amides is 1. The lowest BCUT2D eigenvalue weighted by Gasteiger charge is -2.15. The van der Waals surface area contributed by atoms with Crippen molar-refractivity contribution in [2.24, 2.45) is 0 Å². The number of imidazole rings is 1. The molecule has 1 fully saturated rings. The molecule has 2 aromatic heterocycles. The first kappa shape index (κ1) is 20.2. The minimum Gasteiger partial charge on any atom is -0.449 e. The molecule has 0 aliphatic heterocycles. The molecule has 1 N–H and O–H groups in total. The summed E-state index contributed by atoms with van der Waals surface area (Å²) in [4.78, 5) is 17.2. The summed E-state index contributed by atoms with van der Waals surface area (Å²) >= 11 is 0. The number of para-hydroxylation sites is 1. The lowest BCUT2D eigenvalue weighted by Crippen LogP contribution is -2.12. The molecule has 0 radical (unpaired) electrons. The molecule has 0 atom stereocenters. The lowest BCUT2D eigenvalue weighted by molar-refractivity contribution is 0.0997. The number of rotatable bonds is 5. The van der Waals surface area contributed by atoms with Crippen molar-refractivity contribution in [1.29, 1.82) is 0 Å². The van der Waals surface area contributed by atoms with Crippen molar-refractivity contribution in [1.82, 2.24) is 9.55 Å². The van der Waals surface area contributed by atoms with E-state index in [1.807, 2.05) is 0 Å². The van der Waals surface area contributed by atoms with Gasteiger partial charge in [-0.15, -0.1) is 0 Å². The standard InChI is InChI=1S/C25H21F2N3O2/c26-17-11-9-16(10-12-17)23-24(30(15-28-23)18-5-1-2-6-18)21-13-14-22(32-21)25(31)29-20-8-4-3-7-19(20)27/h3-4,7-15,18H,1-2,5-6H2,(H,29,31). The summed E-state index contributed by atoms with van der Waals surface area (Å²) in [6.07, 6.45) is 6.14. The van der Waals surface area contributed by atoms with Gasteiger partial charge in [0, 0.05) is 11.6 Å². The third-order valence-electron chi connectivity index (χ3n) is 5.81. The van der Waals surface area contributed by atoms with Crippen LogP contribution in [0.1, 0.15) is 42.3 Å². The van der Waals surface area contributed by atoms with E-state index in [0.717, 1.165) is 36.9 Å². The molecule has 32 heavy (non-hydrogen) atoms. The zero-order valence-electron chi connectivity index (χ0n) is 17.2. The van der Waals surface area contributed by atoms with Crippen molar-refractivity contribution in [2.75, 3.05) is 5.32 Å². The van der Waals surface area contributed by atoms with Crippen LogP contribution in [0.2, 0.25) is 0 Å². The Morgan fingerprint density at radius 3 is 2.50 bits per heavy atom. The number of nitrogens with zero attached hydrogens (tertiary/aromatic N) is 2. The normalized spacial score (nSPS) is 14.1. The molecule has 2 aromatic carbocycles. The molecular formula is C25H21F2N3O2. The van der Waals surface area contributed by atoms with Gasteiger partial charge in [-0.1, -0.05) is 25.0 Å². The van der Waals surface area contributed by atoms with E-state index in [1.165, 1.54) is 24.3 Å². The highest BCUT2D eigenvalue weighted by molar-refractivity contribution is 6.02. The van der Waals surface area contributed by atoms with Crippen LogP contribution in [0, 0.1) is 11.6 Å². The minimum absolute atomic E-state index is 0.0625. The quantitative estimate of drug-likeness (QED) is 0.393. The van der Waals surface area contributed by atoms with Crippen LogP contribution in [0.25, 0.3) is 22.7 Å². The van der Waals surface area contributed by atoms with Gasteiger partial charge < -0.3 is 14.3 Å². The van der Waals surface area contributed by atoms with E-state index in [4.69, 9.17) is 4.42 Å². The summed E-state index contributed by atoms with van der Waals surface area (Å²) in [5.41, 5.74) is 2.24. The predicted octanol–water partition coefficient (Wildman–Crippen LogP) is 6.46. The van der Waals surface area contributed by atoms with Crippen LogP contribution in [-0.4, -0.2) is 15.5 Å². The number of halogens is 2. The van der Waals surface area contributed by atoms with Gasteiger partial charge in [0.15, 0.2) is 11.5 Å². The molecule has 5 rings (SSSR count). The van der Waals surface area contributed by atoms with Gasteiger partial charge in [0.2, 0.25) is 0 Å². The number of aromatic nitrogens is 2. The highest BCUT2D eigenvalue weighted by Crippen LogP contribution is 2.39. The molecular weight excluding hydrogens is 412 g/mol. The second-order valence-electron chi connectivity index (χ2n) is 7.89. The average molecular weight is 433 g/mol. The number of benzene rings is 2. The minimum atomic E-state index is -0.545. The fraction of sp³-hybridized carbons (Fsp3) is 0.200. The van der Waals surface area contributed by atoms with Crippen molar-refractivity contribution < 1.29 is 18.0 Å². The van der Waals surface area contributed by atoms with E-state index in [-0.39, 0.29) is 23.3 Å². The zero-order chi connectivity index (χ0) is 22.1. The number of carbonyl (C=O) groups is 1. The summed E-state index contributed by atoms with van der Waals surface area (Å²) in [5.74, 6) is -0.849. The summed E-state index contributed by atoms with van der Waals surface area (Å²) in [7, 11) is 0. The van der Waals surface area contributed by atoms with Crippen LogP contribution >= 0.6 is 0 Å². The van der Waals surface area contributed by atoms with E-state index < -0.39 is 11.7 Å². The van der Waals surface area contributed by atoms with Gasteiger partial charge in [0.1, 0.15) is 17.3 Å². The van der Waals surface area contributed by atoms with E-state index >= 15 is 0 Å². The summed E-state index contributed by atoms with van der Waals surface area (Å²) < 4.78 is 35.4. The van der Waals surface area contributed by atoms with Crippen LogP contribution in [0.4, 0.5) is 14.5 Å². The van der Waals surface area contributed by atoms with Gasteiger partial charge in [-0.3, -0.25) is 4.79 Å². The highest BCUT2D eigenvalue weighted by Gasteiger charge is 2.26. The summed E-state index contributed by atoms with van der Waals surface area (Å²) in [6.45, 7) is 0. The molecule has 0 unspecified atom stereocenters. The molecule has 4 aromatic rings. The second kappa shape index (κ2) is 8.42. The predicted molar refractivity (Wildman–Crippen MR) is 117 cm³/mol. The first-order valence-corrected chi connectivity index (χ1v) is 10.6. The number of furan rings is 1. The Morgan fingerprint density at radius 1 is 1.00 bits per heavy atom. The third kappa shape index (κ3) is 3.82. The molecule has 0 bridgehead atoms. The van der Waals surface area contributed by atoms with Crippen molar-refractivity contribution in [3.63, 3.8) is 0 Å². The lowest BCUT2D eigenvalue weighted by atomic mass is 10.1. The number of hydrogen-bond acceptors (Lipinski definition) is 3. The first-order valence-electron chi connectivity index (χ1n) is 10.6. The molecule has 5 nitrogen and oxygen atoms in total. The van der Waals surface area contributed by atoms with E-state index in [2.05, 4.69) is 14.9 Å². The van der Waals surface area contributed by atoms with Crippen LogP contribution < -0.4 is 5.32 Å². The van der Waals surface area contributed by atoms with Gasteiger partial charge in [-0.25, -0.2) is 13.8 Å². The maximum Gasteiger partial charge on any atom is 0.291 e. The molecule has 1 saturated carbocycles. The molecule has 0 spiro atoms. The molecule has 162 valence electrons. The number of hydrogen-bond donors (Lipinski definition) is 1. The van der Waals surface area contributed by atoms with Gasteiger partial charge in [0.05, 0.1) is 17.7 Å². The van der Waals surface area contributed by atoms with E-state index in [9.17, 15) is 13.6 Å². The largest absolute Gasteiger partial charge is 0.449 e. The zero-order valence-corrected chi connectivity index (χ0v) is 17.2. The van der Waals surface area contributed by atoms with Gasteiger partial charge in [0.25, 0.3) is 5.91 Å². The Hall–Kier alpha value is -3.74. The van der Waals surface area contributed by atoms with Gasteiger partial charge >= 0.3 is 0 Å². The van der Waals surface area contributed by atoms with Crippen LogP contribution in [0.5, 0.6) is 0 Å². The fourth-order valence-electron chi connectivity index (χ4n) is 4.22. The van der Waals surface area contributed by atoms with Gasteiger partial charge in [-0.2, -0.15) is 0 Å². The van der Waals surface area contributed by atoms with Crippen molar-refractivity contribution in [3.05, 3.63) is 84.4 Å². The fourth-order valence-corrected chi connectivity index (χ4v) is 4.22. The molecule has 1 aliphatic carbocycles. The Morgan fingerprint density at radius 2 is 1.75 bits per heavy atom. The Labute approximate surface area is 183 Å². The van der Waals surface area contributed by atoms with Crippen LogP contribution in [-0.2, 0) is 0 Å². The van der Waals surface area contributed by atoms with Crippen molar-refractivity contribution in [3.8, 4) is 22.7 Å². The third-order valence-corrected chi connectivity index (χ3v) is 5.81. The summed E-state index contributed by atoms with van der Waals surface area (Å²) in [5, 5.41) is 2.54. The first-order chi connectivity index (χ1) is 15.6. The van der Waals surface area contributed by atoms with Gasteiger partial charge in [-0.05, 0) is 61.4 Å². The van der Waals surface area contributed by atoms with E-state index in [0.29, 0.717) is 11.5 Å². The number of carbonyl (C=O) groups excluding carboxylic acids is 1. The smallest absolute Gasteiger partial charge is 0.291 e. The molecule has 0 saturated heterocycles. The SMILES string of the molecule is O=C(Nc1ccccc1F)c1ccc(-c2c(-c3ccc(F)cc3)ncn2C2CCCC2)o1. The number of anilines is 1. The highest BCUT2D eigenvalue weighted by atomic mass is 19.1. The maximum absolute atomic E-state index is 13.9. The maximum atomic E-state index is 13.9.